The summed E-state index contributed by atoms with van der Waals surface area (Å²) in [6, 6.07) is 6.63. The van der Waals surface area contributed by atoms with Gasteiger partial charge in [-0.2, -0.15) is 4.31 Å². The van der Waals surface area contributed by atoms with Gasteiger partial charge in [-0.1, -0.05) is 17.7 Å². The van der Waals surface area contributed by atoms with Crippen molar-refractivity contribution in [3.8, 4) is 0 Å². The number of carbonyl (C=O) groups is 1. The van der Waals surface area contributed by atoms with E-state index in [1.165, 1.54) is 7.05 Å². The van der Waals surface area contributed by atoms with Gasteiger partial charge in [-0.15, -0.1) is 0 Å². The van der Waals surface area contributed by atoms with Crippen LogP contribution in [0.4, 0.5) is 5.69 Å². The molecule has 0 radical (unpaired) electrons. The van der Waals surface area contributed by atoms with Crippen LogP contribution in [0.2, 0.25) is 5.02 Å². The minimum atomic E-state index is -3.35. The monoisotopic (exact) mass is 276 g/mol. The zero-order chi connectivity index (χ0) is 13.1. The molecule has 0 heterocycles. The summed E-state index contributed by atoms with van der Waals surface area (Å²) in [4.78, 5) is 11.5. The van der Waals surface area contributed by atoms with E-state index in [0.29, 0.717) is 10.7 Å². The average molecular weight is 277 g/mol. The number of halogens is 1. The van der Waals surface area contributed by atoms with E-state index < -0.39 is 15.9 Å². The molecular formula is C10H13ClN2O3S. The highest BCUT2D eigenvalue weighted by Crippen LogP contribution is 2.14. The Morgan fingerprint density at radius 3 is 2.65 bits per heavy atom. The second-order valence-corrected chi connectivity index (χ2v) is 6.10. The van der Waals surface area contributed by atoms with Gasteiger partial charge in [-0.3, -0.25) is 4.79 Å². The standard InChI is InChI=1S/C10H13ClN2O3S/c1-13(17(2,15)16)7-10(14)12-9-5-3-4-8(11)6-9/h3-6H,7H2,1-2H3,(H,12,14). The molecule has 1 aromatic carbocycles. The highest BCUT2D eigenvalue weighted by atomic mass is 35.5. The van der Waals surface area contributed by atoms with Crippen molar-refractivity contribution >= 4 is 33.2 Å². The number of sulfonamides is 1. The number of carbonyl (C=O) groups excluding carboxylic acids is 1. The molecule has 0 spiro atoms. The summed E-state index contributed by atoms with van der Waals surface area (Å²) in [5.74, 6) is -0.416. The molecule has 1 amide bonds. The smallest absolute Gasteiger partial charge is 0.239 e. The first-order chi connectivity index (χ1) is 7.79. The Kier molecular flexibility index (Phi) is 4.50. The topological polar surface area (TPSA) is 66.5 Å². The molecule has 0 bridgehead atoms. The van der Waals surface area contributed by atoms with E-state index in [9.17, 15) is 13.2 Å². The quantitative estimate of drug-likeness (QED) is 0.898. The van der Waals surface area contributed by atoms with Crippen LogP contribution in [0.3, 0.4) is 0 Å². The van der Waals surface area contributed by atoms with Crippen LogP contribution in [0.15, 0.2) is 24.3 Å². The third kappa shape index (κ3) is 4.72. The van der Waals surface area contributed by atoms with Crippen molar-refractivity contribution in [2.24, 2.45) is 0 Å². The number of hydrogen-bond donors (Lipinski definition) is 1. The number of nitrogens with zero attached hydrogens (tertiary/aromatic N) is 1. The van der Waals surface area contributed by atoms with Gasteiger partial charge in [0.1, 0.15) is 0 Å². The van der Waals surface area contributed by atoms with Crippen molar-refractivity contribution in [3.63, 3.8) is 0 Å². The van der Waals surface area contributed by atoms with Crippen molar-refractivity contribution in [3.05, 3.63) is 29.3 Å². The largest absolute Gasteiger partial charge is 0.325 e. The van der Waals surface area contributed by atoms with Crippen molar-refractivity contribution in [1.82, 2.24) is 4.31 Å². The molecule has 94 valence electrons. The second-order valence-electron chi connectivity index (χ2n) is 3.58. The lowest BCUT2D eigenvalue weighted by molar-refractivity contribution is -0.116. The van der Waals surface area contributed by atoms with Gasteiger partial charge >= 0.3 is 0 Å². The number of hydrogen-bond acceptors (Lipinski definition) is 3. The molecule has 0 unspecified atom stereocenters. The number of benzene rings is 1. The van der Waals surface area contributed by atoms with Crippen LogP contribution in [-0.4, -0.2) is 38.5 Å². The van der Waals surface area contributed by atoms with E-state index in [2.05, 4.69) is 5.32 Å². The van der Waals surface area contributed by atoms with E-state index in [1.54, 1.807) is 24.3 Å². The molecule has 0 fully saturated rings. The molecule has 5 nitrogen and oxygen atoms in total. The number of nitrogens with one attached hydrogen (secondary N) is 1. The molecule has 0 atom stereocenters. The predicted octanol–water partition coefficient (Wildman–Crippen LogP) is 1.17. The van der Waals surface area contributed by atoms with Crippen LogP contribution in [-0.2, 0) is 14.8 Å². The number of amides is 1. The van der Waals surface area contributed by atoms with Gasteiger partial charge in [0, 0.05) is 17.8 Å². The van der Waals surface area contributed by atoms with E-state index in [4.69, 9.17) is 11.6 Å². The van der Waals surface area contributed by atoms with Gasteiger partial charge in [0.2, 0.25) is 15.9 Å². The Bertz CT molecular complexity index is 516. The van der Waals surface area contributed by atoms with E-state index >= 15 is 0 Å². The van der Waals surface area contributed by atoms with Gasteiger partial charge in [-0.05, 0) is 18.2 Å². The first-order valence-electron chi connectivity index (χ1n) is 4.76. The fraction of sp³-hybridized carbons (Fsp3) is 0.300. The summed E-state index contributed by atoms with van der Waals surface area (Å²) >= 11 is 5.75. The summed E-state index contributed by atoms with van der Waals surface area (Å²) in [6.07, 6.45) is 1.04. The molecule has 0 aliphatic carbocycles. The lowest BCUT2D eigenvalue weighted by Crippen LogP contribution is -2.34. The summed E-state index contributed by atoms with van der Waals surface area (Å²) in [7, 11) is -2.01. The molecule has 0 aliphatic rings. The van der Waals surface area contributed by atoms with Crippen LogP contribution < -0.4 is 5.32 Å². The second kappa shape index (κ2) is 5.48. The number of anilines is 1. The zero-order valence-corrected chi connectivity index (χ0v) is 11.0. The maximum atomic E-state index is 11.5. The lowest BCUT2D eigenvalue weighted by Gasteiger charge is -2.13. The summed E-state index contributed by atoms with van der Waals surface area (Å²) < 4.78 is 23.2. The van der Waals surface area contributed by atoms with Gasteiger partial charge in [0.15, 0.2) is 0 Å². The van der Waals surface area contributed by atoms with E-state index in [1.807, 2.05) is 0 Å². The molecule has 1 N–H and O–H groups in total. The Balaban J connectivity index is 2.62. The Labute approximate surface area is 105 Å². The summed E-state index contributed by atoms with van der Waals surface area (Å²) in [5.41, 5.74) is 0.532. The van der Waals surface area contributed by atoms with Gasteiger partial charge in [-0.25, -0.2) is 8.42 Å². The highest BCUT2D eigenvalue weighted by Gasteiger charge is 2.14. The van der Waals surface area contributed by atoms with Crippen LogP contribution >= 0.6 is 11.6 Å². The fourth-order valence-electron chi connectivity index (χ4n) is 1.09. The van der Waals surface area contributed by atoms with Gasteiger partial charge in [0.05, 0.1) is 12.8 Å². The van der Waals surface area contributed by atoms with Crippen LogP contribution in [0.5, 0.6) is 0 Å². The van der Waals surface area contributed by atoms with Gasteiger partial charge < -0.3 is 5.32 Å². The third-order valence-electron chi connectivity index (χ3n) is 2.04. The van der Waals surface area contributed by atoms with Crippen molar-refractivity contribution in [2.75, 3.05) is 25.2 Å². The van der Waals surface area contributed by atoms with Crippen LogP contribution in [0.1, 0.15) is 0 Å². The van der Waals surface area contributed by atoms with Crippen molar-refractivity contribution in [2.45, 2.75) is 0 Å². The molecule has 1 rings (SSSR count). The predicted molar refractivity (Wildman–Crippen MR) is 67.6 cm³/mol. The maximum absolute atomic E-state index is 11.5. The number of rotatable bonds is 4. The molecule has 0 saturated carbocycles. The van der Waals surface area contributed by atoms with E-state index in [-0.39, 0.29) is 6.54 Å². The molecule has 17 heavy (non-hydrogen) atoms. The Hall–Kier alpha value is -1.11. The minimum Gasteiger partial charge on any atom is -0.325 e. The first-order valence-corrected chi connectivity index (χ1v) is 6.98. The molecule has 0 aliphatic heterocycles. The van der Waals surface area contributed by atoms with Crippen molar-refractivity contribution < 1.29 is 13.2 Å². The highest BCUT2D eigenvalue weighted by molar-refractivity contribution is 7.88. The molecular weight excluding hydrogens is 264 g/mol. The fourth-order valence-corrected chi connectivity index (χ4v) is 1.63. The zero-order valence-electron chi connectivity index (χ0n) is 9.47. The SMILES string of the molecule is CN(CC(=O)Nc1cccc(Cl)c1)S(C)(=O)=O. The first kappa shape index (κ1) is 14.0. The average Bonchev–Trinajstić information content (AvgIpc) is 2.15. The van der Waals surface area contributed by atoms with Crippen LogP contribution in [0, 0.1) is 0 Å². The van der Waals surface area contributed by atoms with E-state index in [0.717, 1.165) is 10.6 Å². The Morgan fingerprint density at radius 1 is 1.47 bits per heavy atom. The summed E-state index contributed by atoms with van der Waals surface area (Å²) in [5, 5.41) is 3.06. The lowest BCUT2D eigenvalue weighted by atomic mass is 10.3. The van der Waals surface area contributed by atoms with Crippen LogP contribution in [0.25, 0.3) is 0 Å². The minimum absolute atomic E-state index is 0.231. The summed E-state index contributed by atoms with van der Waals surface area (Å²) in [6.45, 7) is -0.231. The normalized spacial score (nSPS) is 11.5. The van der Waals surface area contributed by atoms with Crippen molar-refractivity contribution in [1.29, 1.82) is 0 Å². The molecule has 0 saturated heterocycles. The molecule has 0 aromatic heterocycles. The molecule has 1 aromatic rings. The van der Waals surface area contributed by atoms with Gasteiger partial charge in [0.25, 0.3) is 0 Å². The Morgan fingerprint density at radius 2 is 2.12 bits per heavy atom. The molecule has 7 heteroatoms. The third-order valence-corrected chi connectivity index (χ3v) is 3.54. The number of likely N-dealkylation sites (N-methyl/N-ethyl adjacent to an activating group) is 1. The maximum Gasteiger partial charge on any atom is 0.239 e.